The molecular weight excluding hydrogens is 457 g/mol. The van der Waals surface area contributed by atoms with Crippen LogP contribution < -0.4 is 15.1 Å². The van der Waals surface area contributed by atoms with Crippen LogP contribution >= 0.6 is 22.9 Å². The van der Waals surface area contributed by atoms with Crippen LogP contribution in [0.5, 0.6) is 0 Å². The quantitative estimate of drug-likeness (QED) is 0.428. The minimum Gasteiger partial charge on any atom is -0.360 e. The van der Waals surface area contributed by atoms with Gasteiger partial charge in [0, 0.05) is 27.0 Å². The highest BCUT2D eigenvalue weighted by molar-refractivity contribution is 7.21. The van der Waals surface area contributed by atoms with Crippen molar-refractivity contribution in [2.75, 3.05) is 36.4 Å². The molecule has 7 heteroatoms. The highest BCUT2D eigenvalue weighted by atomic mass is 35.5. The van der Waals surface area contributed by atoms with Gasteiger partial charge in [0.15, 0.2) is 0 Å². The van der Waals surface area contributed by atoms with Crippen molar-refractivity contribution in [3.05, 3.63) is 94.1 Å². The lowest BCUT2D eigenvalue weighted by Crippen LogP contribution is -3.13. The van der Waals surface area contributed by atoms with Gasteiger partial charge in [0.05, 0.1) is 31.2 Å². The van der Waals surface area contributed by atoms with Crippen molar-refractivity contribution >= 4 is 50.3 Å². The van der Waals surface area contributed by atoms with E-state index in [1.54, 1.807) is 6.07 Å². The lowest BCUT2D eigenvalue weighted by Gasteiger charge is -2.33. The number of hydrogen-bond donors (Lipinski definition) is 2. The van der Waals surface area contributed by atoms with Crippen molar-refractivity contribution in [2.45, 2.75) is 6.54 Å². The Balaban J connectivity index is 1.19. The number of hydrogen-bond acceptors (Lipinski definition) is 3. The zero-order valence-electron chi connectivity index (χ0n) is 18.0. The van der Waals surface area contributed by atoms with Gasteiger partial charge in [-0.1, -0.05) is 48.0 Å². The van der Waals surface area contributed by atoms with Crippen molar-refractivity contribution in [3.8, 4) is 0 Å². The zero-order valence-corrected chi connectivity index (χ0v) is 19.6. The number of quaternary nitrogens is 1. The Bertz CT molecular complexity index is 1280. The average molecular weight is 481 g/mol. The summed E-state index contributed by atoms with van der Waals surface area (Å²) in [6.07, 6.45) is 0. The predicted octanol–water partition coefficient (Wildman–Crippen LogP) is 4.85. The van der Waals surface area contributed by atoms with E-state index in [2.05, 4.69) is 10.2 Å². The van der Waals surface area contributed by atoms with E-state index in [0.717, 1.165) is 53.2 Å². The van der Waals surface area contributed by atoms with Gasteiger partial charge in [-0.05, 0) is 36.4 Å². The second kappa shape index (κ2) is 9.51. The van der Waals surface area contributed by atoms with Gasteiger partial charge in [-0.15, -0.1) is 11.3 Å². The van der Waals surface area contributed by atoms with Crippen LogP contribution in [0.3, 0.4) is 0 Å². The maximum Gasteiger partial charge on any atom is 0.267 e. The number of nitrogens with zero attached hydrogens (tertiary/aromatic N) is 1. The van der Waals surface area contributed by atoms with Crippen LogP contribution in [0.25, 0.3) is 10.1 Å². The molecule has 0 aliphatic carbocycles. The molecule has 2 heterocycles. The molecule has 1 amide bonds. The van der Waals surface area contributed by atoms with Crippen LogP contribution in [0, 0.1) is 5.82 Å². The van der Waals surface area contributed by atoms with Gasteiger partial charge >= 0.3 is 0 Å². The second-order valence-electron chi connectivity index (χ2n) is 8.25. The molecule has 4 nitrogen and oxygen atoms in total. The summed E-state index contributed by atoms with van der Waals surface area (Å²) < 4.78 is 14.9. The molecule has 1 aliphatic rings. The smallest absolute Gasteiger partial charge is 0.267 e. The molecule has 0 bridgehead atoms. The van der Waals surface area contributed by atoms with Crippen molar-refractivity contribution < 1.29 is 14.1 Å². The number of nitrogens with one attached hydrogen (secondary N) is 2. The van der Waals surface area contributed by atoms with Crippen molar-refractivity contribution in [1.29, 1.82) is 0 Å². The first kappa shape index (κ1) is 21.9. The van der Waals surface area contributed by atoms with Gasteiger partial charge in [-0.25, -0.2) is 4.39 Å². The molecule has 0 radical (unpaired) electrons. The van der Waals surface area contributed by atoms with Gasteiger partial charge < -0.3 is 15.1 Å². The largest absolute Gasteiger partial charge is 0.360 e. The summed E-state index contributed by atoms with van der Waals surface area (Å²) >= 11 is 7.84. The summed E-state index contributed by atoms with van der Waals surface area (Å²) in [7, 11) is 0. The summed E-state index contributed by atoms with van der Waals surface area (Å²) in [6, 6.07) is 22.7. The van der Waals surface area contributed by atoms with Crippen molar-refractivity contribution in [2.24, 2.45) is 0 Å². The van der Waals surface area contributed by atoms with Crippen LogP contribution in [0.2, 0.25) is 5.02 Å². The third-order valence-corrected chi connectivity index (χ3v) is 7.77. The summed E-state index contributed by atoms with van der Waals surface area (Å²) in [5.74, 6) is -0.318. The van der Waals surface area contributed by atoms with E-state index in [1.807, 2.05) is 60.7 Å². The number of amides is 1. The summed E-state index contributed by atoms with van der Waals surface area (Å²) in [4.78, 5) is 17.0. The molecule has 1 aromatic heterocycles. The monoisotopic (exact) mass is 480 g/mol. The van der Waals surface area contributed by atoms with Crippen LogP contribution in [-0.4, -0.2) is 32.1 Å². The lowest BCUT2D eigenvalue weighted by atomic mass is 10.1. The Morgan fingerprint density at radius 2 is 1.70 bits per heavy atom. The molecule has 5 rings (SSSR count). The Morgan fingerprint density at radius 3 is 2.42 bits per heavy atom. The Hall–Kier alpha value is -2.93. The maximum absolute atomic E-state index is 13.9. The van der Waals surface area contributed by atoms with E-state index < -0.39 is 0 Å². The Kier molecular flexibility index (Phi) is 6.31. The molecule has 0 atom stereocenters. The van der Waals surface area contributed by atoms with E-state index >= 15 is 0 Å². The molecule has 2 N–H and O–H groups in total. The third-order valence-electron chi connectivity index (χ3n) is 6.10. The Labute approximate surface area is 201 Å². The number of benzene rings is 3. The number of carbonyl (C=O) groups is 1. The van der Waals surface area contributed by atoms with Crippen LogP contribution in [0.1, 0.15) is 15.2 Å². The highest BCUT2D eigenvalue weighted by Gasteiger charge is 2.22. The number of halogens is 2. The number of carbonyl (C=O) groups excluding carboxylic acids is 1. The van der Waals surface area contributed by atoms with Crippen molar-refractivity contribution in [1.82, 2.24) is 0 Å². The second-order valence-corrected chi connectivity index (χ2v) is 9.68. The fourth-order valence-corrected chi connectivity index (χ4v) is 5.68. The van der Waals surface area contributed by atoms with Gasteiger partial charge in [0.1, 0.15) is 17.2 Å². The summed E-state index contributed by atoms with van der Waals surface area (Å²) in [6.45, 7) is 4.44. The standard InChI is InChI=1S/C26H23ClFN3OS/c27-24-21-6-2-4-8-23(21)33-25(24)26(32)29-19-9-11-20(12-10-19)31-15-13-30(14-16-31)17-18-5-1-3-7-22(18)28/h1-12H,13-17H2,(H,29,32)/p+1. The molecule has 0 saturated carbocycles. The topological polar surface area (TPSA) is 36.8 Å². The van der Waals surface area contributed by atoms with E-state index in [9.17, 15) is 9.18 Å². The molecule has 33 heavy (non-hydrogen) atoms. The number of fused-ring (bicyclic) bond motifs is 1. The molecule has 3 aromatic carbocycles. The third kappa shape index (κ3) is 4.74. The van der Waals surface area contributed by atoms with Gasteiger partial charge in [0.2, 0.25) is 0 Å². The lowest BCUT2D eigenvalue weighted by molar-refractivity contribution is -0.914. The summed E-state index contributed by atoms with van der Waals surface area (Å²) in [5.41, 5.74) is 2.64. The minimum absolute atomic E-state index is 0.123. The molecule has 0 spiro atoms. The fraction of sp³-hybridized carbons (Fsp3) is 0.192. The summed E-state index contributed by atoms with van der Waals surface area (Å²) in [5, 5.41) is 4.36. The zero-order chi connectivity index (χ0) is 22.8. The van der Waals surface area contributed by atoms with Crippen LogP contribution in [0.4, 0.5) is 15.8 Å². The predicted molar refractivity (Wildman–Crippen MR) is 134 cm³/mol. The van der Waals surface area contributed by atoms with E-state index in [1.165, 1.54) is 22.3 Å². The maximum atomic E-state index is 13.9. The normalized spacial score (nSPS) is 14.5. The minimum atomic E-state index is -0.195. The van der Waals surface area contributed by atoms with E-state index in [-0.39, 0.29) is 11.7 Å². The number of rotatable bonds is 5. The van der Waals surface area contributed by atoms with Crippen LogP contribution in [0.15, 0.2) is 72.8 Å². The molecule has 1 aliphatic heterocycles. The molecular formula is C26H24ClFN3OS+. The average Bonchev–Trinajstić information content (AvgIpc) is 3.18. The van der Waals surface area contributed by atoms with Crippen molar-refractivity contribution in [3.63, 3.8) is 0 Å². The van der Waals surface area contributed by atoms with E-state index in [4.69, 9.17) is 11.6 Å². The first-order valence-electron chi connectivity index (χ1n) is 11.0. The van der Waals surface area contributed by atoms with Gasteiger partial charge in [0.25, 0.3) is 5.91 Å². The molecule has 168 valence electrons. The highest BCUT2D eigenvalue weighted by Crippen LogP contribution is 2.35. The first-order valence-corrected chi connectivity index (χ1v) is 12.2. The first-order chi connectivity index (χ1) is 16.1. The van der Waals surface area contributed by atoms with Gasteiger partial charge in [-0.2, -0.15) is 0 Å². The van der Waals surface area contributed by atoms with Crippen LogP contribution in [-0.2, 0) is 6.54 Å². The van der Waals surface area contributed by atoms with E-state index in [0.29, 0.717) is 16.4 Å². The molecule has 1 fully saturated rings. The number of anilines is 2. The molecule has 1 saturated heterocycles. The Morgan fingerprint density at radius 1 is 1.00 bits per heavy atom. The number of thiophene rings is 1. The number of piperazine rings is 1. The molecule has 0 unspecified atom stereocenters. The van der Waals surface area contributed by atoms with Gasteiger partial charge in [-0.3, -0.25) is 4.79 Å². The molecule has 4 aromatic rings. The SMILES string of the molecule is O=C(Nc1ccc(N2CC[NH+](Cc3ccccc3F)CC2)cc1)c1sc2ccccc2c1Cl. The fourth-order valence-electron chi connectivity index (χ4n) is 4.27.